The number of aliphatic imine (C=N–C) groups is 1. The first-order valence-electron chi connectivity index (χ1n) is 7.42. The fourth-order valence-corrected chi connectivity index (χ4v) is 2.71. The summed E-state index contributed by atoms with van der Waals surface area (Å²) in [5.74, 6) is 0.865. The maximum atomic E-state index is 9.86. The zero-order valence-electron chi connectivity index (χ0n) is 12.3. The first-order valence-corrected chi connectivity index (χ1v) is 7.42. The zero-order chi connectivity index (χ0) is 15.6. The molecule has 0 aliphatic rings. The van der Waals surface area contributed by atoms with Crippen LogP contribution in [0.5, 0.6) is 5.75 Å². The smallest absolute Gasteiger partial charge is 0.160 e. The molecule has 0 atom stereocenters. The highest BCUT2D eigenvalue weighted by atomic mass is 16.3. The molecule has 0 saturated carbocycles. The van der Waals surface area contributed by atoms with Gasteiger partial charge in [0, 0.05) is 22.6 Å². The number of aromatic hydroxyl groups is 1. The number of benzene rings is 3. The van der Waals surface area contributed by atoms with Crippen LogP contribution in [-0.2, 0) is 0 Å². The van der Waals surface area contributed by atoms with Gasteiger partial charge >= 0.3 is 0 Å². The van der Waals surface area contributed by atoms with Gasteiger partial charge in [-0.3, -0.25) is 0 Å². The van der Waals surface area contributed by atoms with Crippen molar-refractivity contribution < 1.29 is 5.11 Å². The van der Waals surface area contributed by atoms with Crippen molar-refractivity contribution >= 4 is 33.7 Å². The van der Waals surface area contributed by atoms with Gasteiger partial charge in [-0.15, -0.1) is 0 Å². The van der Waals surface area contributed by atoms with Crippen LogP contribution in [0.4, 0.5) is 5.82 Å². The molecule has 0 aliphatic carbocycles. The number of nitrogens with zero attached hydrogens (tertiary/aromatic N) is 2. The molecule has 3 heteroatoms. The molecule has 0 saturated heterocycles. The second-order valence-corrected chi connectivity index (χ2v) is 5.32. The maximum absolute atomic E-state index is 9.86. The van der Waals surface area contributed by atoms with Crippen LogP contribution in [-0.4, -0.2) is 16.3 Å². The number of para-hydroxylation sites is 2. The second kappa shape index (κ2) is 5.54. The van der Waals surface area contributed by atoms with E-state index in [9.17, 15) is 5.11 Å². The Morgan fingerprint density at radius 1 is 0.739 bits per heavy atom. The number of pyridine rings is 1. The van der Waals surface area contributed by atoms with Gasteiger partial charge in [-0.25, -0.2) is 9.98 Å². The average molecular weight is 298 g/mol. The monoisotopic (exact) mass is 298 g/mol. The van der Waals surface area contributed by atoms with E-state index in [2.05, 4.69) is 22.1 Å². The molecular formula is C20H14N2O. The molecule has 0 radical (unpaired) electrons. The molecule has 4 aromatic rings. The van der Waals surface area contributed by atoms with Crippen LogP contribution in [0, 0.1) is 0 Å². The first-order chi connectivity index (χ1) is 11.3. The molecule has 110 valence electrons. The Hall–Kier alpha value is -3.20. The number of aromatic nitrogens is 1. The van der Waals surface area contributed by atoms with E-state index in [4.69, 9.17) is 0 Å². The minimum Gasteiger partial charge on any atom is -0.507 e. The predicted octanol–water partition coefficient (Wildman–Crippen LogP) is 4.84. The van der Waals surface area contributed by atoms with Crippen molar-refractivity contribution in [2.45, 2.75) is 0 Å². The minimum absolute atomic E-state index is 0.210. The Bertz CT molecular complexity index is 1040. The fourth-order valence-electron chi connectivity index (χ4n) is 2.71. The number of fused-ring (bicyclic) bond motifs is 3. The molecule has 0 bridgehead atoms. The molecule has 0 amide bonds. The van der Waals surface area contributed by atoms with Crippen LogP contribution < -0.4 is 0 Å². The standard InChI is InChI=1S/C20H14N2O/c23-19-12-6-1-7-14(19)13-21-20-17-10-3-2-8-15(17)16-9-4-5-11-18(16)22-20/h1-13,23H. The minimum atomic E-state index is 0.210. The zero-order valence-corrected chi connectivity index (χ0v) is 12.3. The highest BCUT2D eigenvalue weighted by Gasteiger charge is 2.06. The van der Waals surface area contributed by atoms with Crippen LogP contribution in [0.15, 0.2) is 77.8 Å². The lowest BCUT2D eigenvalue weighted by atomic mass is 10.1. The summed E-state index contributed by atoms with van der Waals surface area (Å²) in [6.07, 6.45) is 1.65. The summed E-state index contributed by atoms with van der Waals surface area (Å²) in [5, 5.41) is 13.1. The molecule has 4 rings (SSSR count). The molecule has 23 heavy (non-hydrogen) atoms. The van der Waals surface area contributed by atoms with E-state index in [1.807, 2.05) is 48.5 Å². The van der Waals surface area contributed by atoms with Gasteiger partial charge in [0.2, 0.25) is 0 Å². The summed E-state index contributed by atoms with van der Waals surface area (Å²) in [6.45, 7) is 0. The molecule has 1 heterocycles. The SMILES string of the molecule is Oc1ccccc1C=Nc1nc2ccccc2c2ccccc12. The van der Waals surface area contributed by atoms with Gasteiger partial charge < -0.3 is 5.11 Å². The van der Waals surface area contributed by atoms with Gasteiger partial charge in [-0.1, -0.05) is 54.6 Å². The Morgan fingerprint density at radius 2 is 1.39 bits per heavy atom. The number of phenolic OH excluding ortho intramolecular Hbond substituents is 1. The third-order valence-corrected chi connectivity index (χ3v) is 3.85. The second-order valence-electron chi connectivity index (χ2n) is 5.32. The van der Waals surface area contributed by atoms with Gasteiger partial charge in [0.15, 0.2) is 5.82 Å². The van der Waals surface area contributed by atoms with Crippen molar-refractivity contribution in [1.29, 1.82) is 0 Å². The van der Waals surface area contributed by atoms with Crippen LogP contribution >= 0.6 is 0 Å². The maximum Gasteiger partial charge on any atom is 0.160 e. The number of phenols is 1. The first kappa shape index (κ1) is 13.5. The van der Waals surface area contributed by atoms with E-state index < -0.39 is 0 Å². The summed E-state index contributed by atoms with van der Waals surface area (Å²) in [4.78, 5) is 9.19. The van der Waals surface area contributed by atoms with E-state index in [0.717, 1.165) is 21.7 Å². The largest absolute Gasteiger partial charge is 0.507 e. The third-order valence-electron chi connectivity index (χ3n) is 3.85. The Morgan fingerprint density at radius 3 is 2.22 bits per heavy atom. The Kier molecular flexibility index (Phi) is 3.24. The molecule has 3 nitrogen and oxygen atoms in total. The molecule has 0 spiro atoms. The van der Waals surface area contributed by atoms with E-state index in [1.165, 1.54) is 0 Å². The average Bonchev–Trinajstić information content (AvgIpc) is 2.61. The van der Waals surface area contributed by atoms with Crippen LogP contribution in [0.1, 0.15) is 5.56 Å². The van der Waals surface area contributed by atoms with E-state index in [0.29, 0.717) is 11.4 Å². The van der Waals surface area contributed by atoms with Crippen molar-refractivity contribution in [1.82, 2.24) is 4.98 Å². The fraction of sp³-hybridized carbons (Fsp3) is 0. The van der Waals surface area contributed by atoms with Gasteiger partial charge in [0.05, 0.1) is 5.52 Å². The predicted molar refractivity (Wildman–Crippen MR) is 94.6 cm³/mol. The molecular weight excluding hydrogens is 284 g/mol. The van der Waals surface area contributed by atoms with Gasteiger partial charge in [0.1, 0.15) is 5.75 Å². The summed E-state index contributed by atoms with van der Waals surface area (Å²) in [5.41, 5.74) is 1.59. The van der Waals surface area contributed by atoms with Crippen molar-refractivity contribution in [3.8, 4) is 5.75 Å². The highest BCUT2D eigenvalue weighted by molar-refractivity contribution is 6.10. The van der Waals surface area contributed by atoms with Crippen LogP contribution in [0.2, 0.25) is 0 Å². The highest BCUT2D eigenvalue weighted by Crippen LogP contribution is 2.30. The topological polar surface area (TPSA) is 45.5 Å². The molecule has 0 fully saturated rings. The quantitative estimate of drug-likeness (QED) is 0.425. The van der Waals surface area contributed by atoms with Gasteiger partial charge in [-0.2, -0.15) is 0 Å². The van der Waals surface area contributed by atoms with Gasteiger partial charge in [-0.05, 0) is 23.6 Å². The summed E-state index contributed by atoms with van der Waals surface area (Å²) in [7, 11) is 0. The number of hydrogen-bond donors (Lipinski definition) is 1. The molecule has 0 aliphatic heterocycles. The van der Waals surface area contributed by atoms with Crippen LogP contribution in [0.25, 0.3) is 21.7 Å². The third kappa shape index (κ3) is 2.42. The summed E-state index contributed by atoms with van der Waals surface area (Å²) >= 11 is 0. The lowest BCUT2D eigenvalue weighted by Crippen LogP contribution is -1.86. The lowest BCUT2D eigenvalue weighted by molar-refractivity contribution is 0.474. The van der Waals surface area contributed by atoms with E-state index in [-0.39, 0.29) is 5.75 Å². The summed E-state index contributed by atoms with van der Waals surface area (Å²) in [6, 6.07) is 23.3. The van der Waals surface area contributed by atoms with Crippen molar-refractivity contribution in [2.75, 3.05) is 0 Å². The van der Waals surface area contributed by atoms with Crippen LogP contribution in [0.3, 0.4) is 0 Å². The molecule has 0 unspecified atom stereocenters. The van der Waals surface area contributed by atoms with E-state index >= 15 is 0 Å². The molecule has 3 aromatic carbocycles. The Balaban J connectivity index is 1.93. The number of hydrogen-bond acceptors (Lipinski definition) is 3. The Labute approximate surface area is 133 Å². The van der Waals surface area contributed by atoms with E-state index in [1.54, 1.807) is 18.3 Å². The summed E-state index contributed by atoms with van der Waals surface area (Å²) < 4.78 is 0. The van der Waals surface area contributed by atoms with Crippen molar-refractivity contribution in [2.24, 2.45) is 4.99 Å². The normalized spacial score (nSPS) is 11.5. The lowest BCUT2D eigenvalue weighted by Gasteiger charge is -2.06. The molecule has 1 aromatic heterocycles. The molecule has 1 N–H and O–H groups in total. The number of rotatable bonds is 2. The van der Waals surface area contributed by atoms with Crippen molar-refractivity contribution in [3.63, 3.8) is 0 Å². The van der Waals surface area contributed by atoms with Gasteiger partial charge in [0.25, 0.3) is 0 Å². The van der Waals surface area contributed by atoms with Crippen molar-refractivity contribution in [3.05, 3.63) is 78.4 Å².